The second kappa shape index (κ2) is 8.08. The summed E-state index contributed by atoms with van der Waals surface area (Å²) < 4.78 is 10.8. The van der Waals surface area contributed by atoms with Gasteiger partial charge in [-0.2, -0.15) is 0 Å². The molecule has 0 fully saturated rings. The van der Waals surface area contributed by atoms with Gasteiger partial charge in [0, 0.05) is 26.2 Å². The van der Waals surface area contributed by atoms with Crippen LogP contribution in [0.3, 0.4) is 0 Å². The highest BCUT2D eigenvalue weighted by Crippen LogP contribution is 2.11. The van der Waals surface area contributed by atoms with Crippen LogP contribution in [0.1, 0.15) is 12.5 Å². The predicted molar refractivity (Wildman–Crippen MR) is 73.8 cm³/mol. The molecule has 0 radical (unpaired) electrons. The van der Waals surface area contributed by atoms with Crippen molar-refractivity contribution in [3.8, 4) is 5.75 Å². The molecule has 1 aromatic rings. The molecule has 102 valence electrons. The summed E-state index contributed by atoms with van der Waals surface area (Å²) in [7, 11) is 3.80. The van der Waals surface area contributed by atoms with Gasteiger partial charge in [0.1, 0.15) is 12.4 Å². The first-order valence-corrected chi connectivity index (χ1v) is 6.28. The summed E-state index contributed by atoms with van der Waals surface area (Å²) in [5.74, 6) is 0.889. The van der Waals surface area contributed by atoms with Crippen LogP contribution in [-0.4, -0.2) is 44.9 Å². The second-order valence-electron chi connectivity index (χ2n) is 4.48. The molecule has 1 atom stereocenters. The average molecular weight is 252 g/mol. The van der Waals surface area contributed by atoms with Crippen molar-refractivity contribution in [3.05, 3.63) is 29.8 Å². The molecule has 0 aliphatic rings. The molecule has 0 aromatic heterocycles. The van der Waals surface area contributed by atoms with E-state index in [2.05, 4.69) is 18.9 Å². The summed E-state index contributed by atoms with van der Waals surface area (Å²) in [6.07, 6.45) is 0. The first kappa shape index (κ1) is 15.0. The lowest BCUT2D eigenvalue weighted by Gasteiger charge is -2.23. The Bertz CT molecular complexity index is 327. The lowest BCUT2D eigenvalue weighted by atomic mass is 10.2. The van der Waals surface area contributed by atoms with Gasteiger partial charge in [-0.3, -0.25) is 4.90 Å². The molecule has 1 rings (SSSR count). The molecule has 4 heteroatoms. The fourth-order valence-electron chi connectivity index (χ4n) is 1.62. The summed E-state index contributed by atoms with van der Waals surface area (Å²) in [5.41, 5.74) is 6.66. The molecule has 0 amide bonds. The Morgan fingerprint density at radius 3 is 2.50 bits per heavy atom. The third-order valence-electron chi connectivity index (χ3n) is 3.03. The zero-order valence-electron chi connectivity index (χ0n) is 11.6. The van der Waals surface area contributed by atoms with Crippen LogP contribution >= 0.6 is 0 Å². The van der Waals surface area contributed by atoms with E-state index in [1.165, 1.54) is 0 Å². The minimum absolute atomic E-state index is 0.401. The summed E-state index contributed by atoms with van der Waals surface area (Å²) >= 11 is 0. The van der Waals surface area contributed by atoms with Crippen molar-refractivity contribution >= 4 is 0 Å². The van der Waals surface area contributed by atoms with Gasteiger partial charge < -0.3 is 15.2 Å². The monoisotopic (exact) mass is 252 g/mol. The van der Waals surface area contributed by atoms with Gasteiger partial charge in [0.05, 0.1) is 6.61 Å². The molecule has 0 aliphatic heterocycles. The Morgan fingerprint density at radius 2 is 1.94 bits per heavy atom. The number of rotatable bonds is 8. The smallest absolute Gasteiger partial charge is 0.119 e. The molecule has 1 unspecified atom stereocenters. The molecule has 0 aliphatic carbocycles. The van der Waals surface area contributed by atoms with Crippen LogP contribution < -0.4 is 10.5 Å². The molecular formula is C14H24N2O2. The van der Waals surface area contributed by atoms with E-state index in [1.807, 2.05) is 24.3 Å². The third kappa shape index (κ3) is 5.04. The van der Waals surface area contributed by atoms with Crippen molar-refractivity contribution in [1.82, 2.24) is 4.90 Å². The van der Waals surface area contributed by atoms with Crippen LogP contribution in [0.4, 0.5) is 0 Å². The fourth-order valence-corrected chi connectivity index (χ4v) is 1.62. The van der Waals surface area contributed by atoms with Crippen LogP contribution in [0.2, 0.25) is 0 Å². The van der Waals surface area contributed by atoms with Crippen LogP contribution in [0.25, 0.3) is 0 Å². The molecule has 0 spiro atoms. The number of nitrogens with zero attached hydrogens (tertiary/aromatic N) is 1. The number of likely N-dealkylation sites (N-methyl/N-ethyl adjacent to an activating group) is 1. The van der Waals surface area contributed by atoms with E-state index >= 15 is 0 Å². The normalized spacial score (nSPS) is 12.7. The number of methoxy groups -OCH3 is 1. The molecule has 0 saturated heterocycles. The molecule has 18 heavy (non-hydrogen) atoms. The lowest BCUT2D eigenvalue weighted by Crippen LogP contribution is -2.35. The van der Waals surface area contributed by atoms with Gasteiger partial charge in [-0.05, 0) is 31.7 Å². The summed E-state index contributed by atoms with van der Waals surface area (Å²) in [6.45, 7) is 4.99. The van der Waals surface area contributed by atoms with Gasteiger partial charge in [0.2, 0.25) is 0 Å². The van der Waals surface area contributed by atoms with Gasteiger partial charge in [0.15, 0.2) is 0 Å². The maximum Gasteiger partial charge on any atom is 0.119 e. The van der Waals surface area contributed by atoms with E-state index in [4.69, 9.17) is 15.2 Å². The Hall–Kier alpha value is -1.10. The van der Waals surface area contributed by atoms with E-state index < -0.39 is 0 Å². The van der Waals surface area contributed by atoms with E-state index in [-0.39, 0.29) is 0 Å². The van der Waals surface area contributed by atoms with Crippen LogP contribution in [0, 0.1) is 0 Å². The summed E-state index contributed by atoms with van der Waals surface area (Å²) in [4.78, 5) is 2.22. The van der Waals surface area contributed by atoms with Crippen molar-refractivity contribution in [1.29, 1.82) is 0 Å². The van der Waals surface area contributed by atoms with Crippen molar-refractivity contribution in [2.75, 3.05) is 33.9 Å². The lowest BCUT2D eigenvalue weighted by molar-refractivity contribution is 0.105. The zero-order chi connectivity index (χ0) is 13.4. The van der Waals surface area contributed by atoms with Gasteiger partial charge >= 0.3 is 0 Å². The molecule has 0 bridgehead atoms. The van der Waals surface area contributed by atoms with Gasteiger partial charge in [-0.1, -0.05) is 12.1 Å². The van der Waals surface area contributed by atoms with E-state index in [9.17, 15) is 0 Å². The Labute approximate surface area is 110 Å². The SMILES string of the molecule is COCC(C)N(C)CCOc1ccc(CN)cc1. The van der Waals surface area contributed by atoms with Crippen molar-refractivity contribution in [2.24, 2.45) is 5.73 Å². The topological polar surface area (TPSA) is 47.7 Å². The highest BCUT2D eigenvalue weighted by atomic mass is 16.5. The first-order chi connectivity index (χ1) is 8.67. The number of ether oxygens (including phenoxy) is 2. The molecule has 1 aromatic carbocycles. The number of nitrogens with two attached hydrogens (primary N) is 1. The largest absolute Gasteiger partial charge is 0.492 e. The van der Waals surface area contributed by atoms with E-state index in [0.29, 0.717) is 19.2 Å². The maximum atomic E-state index is 5.68. The first-order valence-electron chi connectivity index (χ1n) is 6.28. The number of hydrogen-bond donors (Lipinski definition) is 1. The Morgan fingerprint density at radius 1 is 1.28 bits per heavy atom. The zero-order valence-corrected chi connectivity index (χ0v) is 11.6. The quantitative estimate of drug-likeness (QED) is 0.761. The van der Waals surface area contributed by atoms with Crippen molar-refractivity contribution in [2.45, 2.75) is 19.5 Å². The standard InChI is InChI=1S/C14H24N2O2/c1-12(11-17-3)16(2)8-9-18-14-6-4-13(10-15)5-7-14/h4-7,12H,8-11,15H2,1-3H3. The van der Waals surface area contributed by atoms with Crippen molar-refractivity contribution < 1.29 is 9.47 Å². The molecule has 2 N–H and O–H groups in total. The molecule has 0 heterocycles. The number of benzene rings is 1. The van der Waals surface area contributed by atoms with Crippen LogP contribution in [0.15, 0.2) is 24.3 Å². The van der Waals surface area contributed by atoms with Gasteiger partial charge in [-0.25, -0.2) is 0 Å². The minimum atomic E-state index is 0.401. The predicted octanol–water partition coefficient (Wildman–Crippen LogP) is 1.49. The maximum absolute atomic E-state index is 5.68. The second-order valence-corrected chi connectivity index (χ2v) is 4.48. The van der Waals surface area contributed by atoms with Gasteiger partial charge in [-0.15, -0.1) is 0 Å². The summed E-state index contributed by atoms with van der Waals surface area (Å²) in [5, 5.41) is 0. The minimum Gasteiger partial charge on any atom is -0.492 e. The number of hydrogen-bond acceptors (Lipinski definition) is 4. The van der Waals surface area contributed by atoms with Crippen LogP contribution in [-0.2, 0) is 11.3 Å². The third-order valence-corrected chi connectivity index (χ3v) is 3.03. The highest BCUT2D eigenvalue weighted by molar-refractivity contribution is 5.27. The van der Waals surface area contributed by atoms with Gasteiger partial charge in [0.25, 0.3) is 0 Å². The van der Waals surface area contributed by atoms with Crippen molar-refractivity contribution in [3.63, 3.8) is 0 Å². The molecule has 0 saturated carbocycles. The Kier molecular flexibility index (Phi) is 6.72. The fraction of sp³-hybridized carbons (Fsp3) is 0.571. The van der Waals surface area contributed by atoms with E-state index in [1.54, 1.807) is 7.11 Å². The van der Waals surface area contributed by atoms with E-state index in [0.717, 1.165) is 24.5 Å². The molecular weight excluding hydrogens is 228 g/mol. The molecule has 4 nitrogen and oxygen atoms in total. The average Bonchev–Trinajstić information content (AvgIpc) is 2.39. The highest BCUT2D eigenvalue weighted by Gasteiger charge is 2.08. The van der Waals surface area contributed by atoms with Crippen LogP contribution in [0.5, 0.6) is 5.75 Å². The Balaban J connectivity index is 2.28. The summed E-state index contributed by atoms with van der Waals surface area (Å²) in [6, 6.07) is 8.30.